The monoisotopic (exact) mass is 565 g/mol. The number of nitrogens with one attached hydrogen (secondary N) is 2. The number of carboxylic acid groups (broad SMARTS) is 1. The van der Waals surface area contributed by atoms with Gasteiger partial charge in [0.25, 0.3) is 5.91 Å². The number of carboxylic acids is 1. The van der Waals surface area contributed by atoms with Crippen LogP contribution in [0.5, 0.6) is 23.0 Å². The van der Waals surface area contributed by atoms with Gasteiger partial charge in [-0.1, -0.05) is 12.1 Å². The highest BCUT2D eigenvalue weighted by atomic mass is 31.2. The summed E-state index contributed by atoms with van der Waals surface area (Å²) >= 11 is 0. The molecule has 0 spiro atoms. The van der Waals surface area contributed by atoms with Gasteiger partial charge in [0, 0.05) is 6.42 Å². The van der Waals surface area contributed by atoms with Crippen molar-refractivity contribution >= 4 is 27.5 Å². The second kappa shape index (κ2) is 11.5. The number of hydrazine groups is 1. The molecule has 0 unspecified atom stereocenters. The maximum absolute atomic E-state index is 12.4. The van der Waals surface area contributed by atoms with Crippen molar-refractivity contribution in [3.8, 4) is 23.0 Å². The van der Waals surface area contributed by atoms with E-state index in [-0.39, 0.29) is 18.4 Å². The van der Waals surface area contributed by atoms with E-state index in [1.54, 1.807) is 0 Å². The Balaban J connectivity index is 2.05. The number of rotatable bonds is 12. The molecule has 2 rings (SSSR count). The number of phenols is 2. The molecule has 0 saturated carbocycles. The Morgan fingerprint density at radius 3 is 1.84 bits per heavy atom. The minimum absolute atomic E-state index is 0.157. The van der Waals surface area contributed by atoms with E-state index in [1.165, 1.54) is 19.1 Å². The number of amides is 1. The number of hydrogen-bond acceptors (Lipinski definition) is 10. The summed E-state index contributed by atoms with van der Waals surface area (Å²) in [6.07, 6.45) is -0.466. The molecule has 0 aliphatic heterocycles. The molecular weight excluding hydrogens is 540 g/mol. The van der Waals surface area contributed by atoms with Crippen molar-refractivity contribution in [3.63, 3.8) is 0 Å². The molecule has 0 radical (unpaired) electrons. The summed E-state index contributed by atoms with van der Waals surface area (Å²) in [6, 6.07) is 5.54. The minimum Gasteiger partial charge on any atom is -0.504 e. The first-order chi connectivity index (χ1) is 16.9. The van der Waals surface area contributed by atoms with E-state index in [2.05, 4.69) is 19.9 Å². The van der Waals surface area contributed by atoms with Crippen molar-refractivity contribution in [2.75, 3.05) is 0 Å². The Bertz CT molecular complexity index is 1260. The molecule has 11 N–H and O–H groups in total. The van der Waals surface area contributed by atoms with Crippen LogP contribution in [0, 0.1) is 0 Å². The van der Waals surface area contributed by atoms with E-state index in [0.29, 0.717) is 5.56 Å². The summed E-state index contributed by atoms with van der Waals surface area (Å²) in [5.74, 6) is -4.50. The first-order valence-electron chi connectivity index (χ1n) is 10.1. The third kappa shape index (κ3) is 9.31. The van der Waals surface area contributed by atoms with Crippen molar-refractivity contribution in [2.24, 2.45) is 5.73 Å². The zero-order chi connectivity index (χ0) is 28.2. The van der Waals surface area contributed by atoms with Crippen molar-refractivity contribution in [3.05, 3.63) is 47.5 Å². The molecule has 0 aromatic heterocycles. The highest BCUT2D eigenvalue weighted by Crippen LogP contribution is 2.42. The van der Waals surface area contributed by atoms with Crippen LogP contribution in [0.15, 0.2) is 36.4 Å². The van der Waals surface area contributed by atoms with Crippen molar-refractivity contribution < 1.29 is 62.7 Å². The lowest BCUT2D eigenvalue weighted by molar-refractivity contribution is -0.145. The van der Waals surface area contributed by atoms with E-state index in [1.807, 2.05) is 0 Å². The minimum atomic E-state index is -4.93. The number of benzene rings is 2. The van der Waals surface area contributed by atoms with Crippen molar-refractivity contribution in [2.45, 2.75) is 31.3 Å². The van der Waals surface area contributed by atoms with E-state index < -0.39 is 62.1 Å². The molecule has 0 saturated heterocycles. The Labute approximate surface area is 209 Å². The van der Waals surface area contributed by atoms with Gasteiger partial charge < -0.3 is 30.1 Å². The number of nitrogens with two attached hydrogens (primary N) is 1. The molecule has 0 bridgehead atoms. The fraction of sp³-hybridized carbons (Fsp3) is 0.263. The van der Waals surface area contributed by atoms with Gasteiger partial charge in [0.05, 0.1) is 6.04 Å². The number of phosphoric acid groups is 2. The summed E-state index contributed by atoms with van der Waals surface area (Å²) in [6.45, 7) is 1.22. The van der Waals surface area contributed by atoms with Gasteiger partial charge >= 0.3 is 21.6 Å². The molecule has 2 aromatic rings. The normalized spacial score (nSPS) is 14.3. The Morgan fingerprint density at radius 1 is 0.946 bits per heavy atom. The highest BCUT2D eigenvalue weighted by molar-refractivity contribution is 7.47. The summed E-state index contributed by atoms with van der Waals surface area (Å²) < 4.78 is 30.4. The predicted octanol–water partition coefficient (Wildman–Crippen LogP) is -0.383. The average molecular weight is 565 g/mol. The molecule has 1 amide bonds. The van der Waals surface area contributed by atoms with Crippen LogP contribution in [0.4, 0.5) is 0 Å². The van der Waals surface area contributed by atoms with E-state index in [0.717, 1.165) is 24.3 Å². The van der Waals surface area contributed by atoms with Crippen LogP contribution in [-0.2, 0) is 31.6 Å². The molecule has 0 aliphatic rings. The van der Waals surface area contributed by atoms with Crippen molar-refractivity contribution in [1.29, 1.82) is 0 Å². The lowest BCUT2D eigenvalue weighted by atomic mass is 9.93. The Morgan fingerprint density at radius 2 is 1.41 bits per heavy atom. The van der Waals surface area contributed by atoms with Gasteiger partial charge in [-0.05, 0) is 48.7 Å². The van der Waals surface area contributed by atoms with Crippen LogP contribution < -0.4 is 25.6 Å². The molecule has 37 heavy (non-hydrogen) atoms. The number of hydrogen-bond donors (Lipinski definition) is 10. The molecule has 0 heterocycles. The fourth-order valence-corrected chi connectivity index (χ4v) is 3.82. The zero-order valence-corrected chi connectivity index (χ0v) is 20.8. The molecule has 0 aliphatic carbocycles. The third-order valence-electron chi connectivity index (χ3n) is 4.76. The Kier molecular flexibility index (Phi) is 9.30. The molecular formula is C19H25N3O13P2. The lowest BCUT2D eigenvalue weighted by Gasteiger charge is -2.27. The molecule has 0 fully saturated rings. The van der Waals surface area contributed by atoms with Gasteiger partial charge in [-0.15, -0.1) is 0 Å². The second-order valence-electron chi connectivity index (χ2n) is 8.01. The van der Waals surface area contributed by atoms with Gasteiger partial charge in [0.2, 0.25) is 0 Å². The van der Waals surface area contributed by atoms with Gasteiger partial charge in [-0.3, -0.25) is 34.6 Å². The van der Waals surface area contributed by atoms with E-state index in [4.69, 9.17) is 25.3 Å². The number of aliphatic carboxylic acids is 1. The number of phenolic OH excluding ortho intramolecular Hbond substituents is 2. The Hall–Kier alpha value is -3.20. The first kappa shape index (κ1) is 30.0. The number of carbonyl (C=O) groups excluding carboxylic acids is 1. The highest BCUT2D eigenvalue weighted by Gasteiger charge is 2.35. The molecule has 2 aromatic carbocycles. The van der Waals surface area contributed by atoms with Crippen LogP contribution >= 0.6 is 15.6 Å². The summed E-state index contributed by atoms with van der Waals surface area (Å²) in [7, 11) is -9.84. The molecule has 18 heteroatoms. The number of carbonyl (C=O) groups is 2. The summed E-state index contributed by atoms with van der Waals surface area (Å²) in [5, 5.41) is 29.4. The number of phosphoric ester groups is 2. The van der Waals surface area contributed by atoms with Gasteiger partial charge in [0.1, 0.15) is 5.54 Å². The molecule has 204 valence electrons. The van der Waals surface area contributed by atoms with Crippen LogP contribution in [-0.4, -0.2) is 58.4 Å². The first-order valence-corrected chi connectivity index (χ1v) is 13.1. The van der Waals surface area contributed by atoms with Gasteiger partial charge in [-0.25, -0.2) is 14.6 Å². The lowest BCUT2D eigenvalue weighted by Crippen LogP contribution is -2.60. The maximum Gasteiger partial charge on any atom is 0.524 e. The molecule has 16 nitrogen and oxygen atoms in total. The summed E-state index contributed by atoms with van der Waals surface area (Å²) in [4.78, 5) is 59.6. The maximum atomic E-state index is 12.4. The SMILES string of the molecule is C[C@@](Cc1ccc(OP(=O)(O)O)c(O)c1)(NNC(=O)[C@@H](N)Cc1ccc(OP(=O)(O)O)c(O)c1)C(=O)O. The van der Waals surface area contributed by atoms with Gasteiger partial charge in [-0.2, -0.15) is 0 Å². The predicted molar refractivity (Wildman–Crippen MR) is 124 cm³/mol. The zero-order valence-electron chi connectivity index (χ0n) is 19.0. The van der Waals surface area contributed by atoms with Crippen LogP contribution in [0.2, 0.25) is 0 Å². The van der Waals surface area contributed by atoms with E-state index >= 15 is 0 Å². The smallest absolute Gasteiger partial charge is 0.504 e. The van der Waals surface area contributed by atoms with Gasteiger partial charge in [0.15, 0.2) is 23.0 Å². The fourth-order valence-electron chi connectivity index (χ4n) is 2.99. The topological polar surface area (TPSA) is 278 Å². The standard InChI is InChI=1S/C19H25N3O13P2/c1-19(18(26)27,9-11-3-5-16(14(24)8-11)35-37(31,32)33)22-21-17(25)12(20)6-10-2-4-15(13(23)7-10)34-36(28,29)30/h2-5,7-8,12,22-24H,6,9,20H2,1H3,(H,21,25)(H,26,27)(H2,28,29,30)(H2,31,32,33)/t12-,19-/m0/s1. The van der Waals surface area contributed by atoms with E-state index in [9.17, 15) is 34.0 Å². The summed E-state index contributed by atoms with van der Waals surface area (Å²) in [5.41, 5.74) is 9.06. The third-order valence-corrected chi connectivity index (χ3v) is 5.63. The number of aromatic hydroxyl groups is 2. The average Bonchev–Trinajstić information content (AvgIpc) is 2.74. The van der Waals surface area contributed by atoms with Crippen LogP contribution in [0.3, 0.4) is 0 Å². The van der Waals surface area contributed by atoms with Crippen LogP contribution in [0.25, 0.3) is 0 Å². The van der Waals surface area contributed by atoms with Crippen molar-refractivity contribution in [1.82, 2.24) is 10.9 Å². The largest absolute Gasteiger partial charge is 0.524 e. The van der Waals surface area contributed by atoms with Crippen LogP contribution in [0.1, 0.15) is 18.1 Å². The quantitative estimate of drug-likeness (QED) is 0.116. The molecule has 2 atom stereocenters. The second-order valence-corrected chi connectivity index (χ2v) is 10.3.